The van der Waals surface area contributed by atoms with Crippen molar-refractivity contribution in [2.24, 2.45) is 22.7 Å². The molecule has 0 aliphatic heterocycles. The van der Waals surface area contributed by atoms with Gasteiger partial charge in [0.05, 0.1) is 22.8 Å². The second kappa shape index (κ2) is 9.05. The van der Waals surface area contributed by atoms with E-state index in [0.717, 1.165) is 34.6 Å². The standard InChI is InChI=1S/C37H40N4/c1-36(2)28-18-30(36)26-20-40-34(32-12-5-7-14-38-32)16-24(26)22(28)10-9-11-23-25-17-35(33-13-6-8-15-39-33)41-21-27(25)31-19-29(23)37(31,3)4/h5-8,12-17,20-23,28-31H,9-11,18-19H2,1-4H3/t22-,23-,28-,29-,30+,31+/m0/s1. The molecule has 4 bridgehead atoms. The van der Waals surface area contributed by atoms with Gasteiger partial charge in [-0.1, -0.05) is 46.2 Å². The van der Waals surface area contributed by atoms with E-state index in [4.69, 9.17) is 9.97 Å². The maximum Gasteiger partial charge on any atom is 0.0889 e. The first-order valence-corrected chi connectivity index (χ1v) is 15.7. The molecule has 6 aliphatic carbocycles. The monoisotopic (exact) mass is 540 g/mol. The van der Waals surface area contributed by atoms with Crippen molar-refractivity contribution in [2.45, 2.75) is 83.5 Å². The van der Waals surface area contributed by atoms with Gasteiger partial charge >= 0.3 is 0 Å². The molecule has 2 saturated carbocycles. The highest BCUT2D eigenvalue weighted by Gasteiger charge is 2.58. The molecule has 0 radical (unpaired) electrons. The van der Waals surface area contributed by atoms with Gasteiger partial charge in [0, 0.05) is 24.8 Å². The van der Waals surface area contributed by atoms with E-state index in [0.29, 0.717) is 34.5 Å². The Hall–Kier alpha value is -3.40. The Morgan fingerprint density at radius 1 is 0.585 bits per heavy atom. The van der Waals surface area contributed by atoms with Gasteiger partial charge in [0.15, 0.2) is 0 Å². The first-order chi connectivity index (χ1) is 19.8. The highest BCUT2D eigenvalue weighted by Crippen LogP contribution is 2.69. The summed E-state index contributed by atoms with van der Waals surface area (Å²) in [6.07, 6.45) is 14.5. The van der Waals surface area contributed by atoms with E-state index >= 15 is 0 Å². The zero-order valence-electron chi connectivity index (χ0n) is 24.7. The Bertz CT molecular complexity index is 1490. The molecule has 0 N–H and O–H groups in total. The third kappa shape index (κ3) is 3.72. The van der Waals surface area contributed by atoms with Crippen LogP contribution in [0.2, 0.25) is 0 Å². The average Bonchev–Trinajstić information content (AvgIpc) is 3.00. The average molecular weight is 541 g/mol. The number of hydrogen-bond donors (Lipinski definition) is 0. The van der Waals surface area contributed by atoms with E-state index in [1.165, 1.54) is 43.2 Å². The van der Waals surface area contributed by atoms with Crippen LogP contribution in [-0.4, -0.2) is 19.9 Å². The van der Waals surface area contributed by atoms with Gasteiger partial charge in [-0.3, -0.25) is 19.9 Å². The zero-order valence-corrected chi connectivity index (χ0v) is 24.7. The molecule has 41 heavy (non-hydrogen) atoms. The lowest BCUT2D eigenvalue weighted by Crippen LogP contribution is -2.51. The first kappa shape index (κ1) is 25.3. The molecule has 0 spiro atoms. The lowest BCUT2D eigenvalue weighted by atomic mass is 9.43. The molecule has 10 rings (SSSR count). The highest BCUT2D eigenvalue weighted by molar-refractivity contribution is 5.59. The summed E-state index contributed by atoms with van der Waals surface area (Å²) in [7, 11) is 0. The minimum atomic E-state index is 0.357. The summed E-state index contributed by atoms with van der Waals surface area (Å²) in [5, 5.41) is 0. The molecule has 4 heterocycles. The molecule has 4 aromatic rings. The first-order valence-electron chi connectivity index (χ1n) is 15.7. The van der Waals surface area contributed by atoms with E-state index in [9.17, 15) is 0 Å². The molecule has 0 unspecified atom stereocenters. The van der Waals surface area contributed by atoms with Gasteiger partial charge < -0.3 is 0 Å². The maximum absolute atomic E-state index is 4.91. The SMILES string of the molecule is CC1(C)[C@@H]2C[C@H]1[C@@H](CCC[C@H]1c3cc(-c4ccccn4)ncc3[C@H]3C[C@@H]1C3(C)C)c1cc(-c3ccccn3)ncc12. The van der Waals surface area contributed by atoms with Gasteiger partial charge in [-0.25, -0.2) is 0 Å². The number of pyridine rings is 4. The van der Waals surface area contributed by atoms with Crippen molar-refractivity contribution in [2.75, 3.05) is 0 Å². The summed E-state index contributed by atoms with van der Waals surface area (Å²) in [4.78, 5) is 19.0. The maximum atomic E-state index is 4.91. The zero-order chi connectivity index (χ0) is 27.9. The smallest absolute Gasteiger partial charge is 0.0889 e. The summed E-state index contributed by atoms with van der Waals surface area (Å²) in [6, 6.07) is 17.0. The van der Waals surface area contributed by atoms with E-state index in [-0.39, 0.29) is 0 Å². The van der Waals surface area contributed by atoms with Crippen molar-refractivity contribution in [3.8, 4) is 22.8 Å². The second-order valence-electron chi connectivity index (χ2n) is 14.4. The Balaban J connectivity index is 1.09. The highest BCUT2D eigenvalue weighted by atomic mass is 14.8. The molecular formula is C37H40N4. The predicted octanol–water partition coefficient (Wildman–Crippen LogP) is 8.92. The van der Waals surface area contributed by atoms with Gasteiger partial charge in [-0.2, -0.15) is 0 Å². The van der Waals surface area contributed by atoms with Crippen LogP contribution in [0.3, 0.4) is 0 Å². The van der Waals surface area contributed by atoms with Crippen LogP contribution in [0.15, 0.2) is 73.3 Å². The van der Waals surface area contributed by atoms with Gasteiger partial charge in [-0.15, -0.1) is 0 Å². The van der Waals surface area contributed by atoms with Gasteiger partial charge in [0.2, 0.25) is 0 Å². The van der Waals surface area contributed by atoms with Crippen LogP contribution in [0.25, 0.3) is 22.8 Å². The molecule has 0 aromatic carbocycles. The molecule has 0 amide bonds. The molecular weight excluding hydrogens is 500 g/mol. The van der Waals surface area contributed by atoms with E-state index in [2.05, 4.69) is 86.5 Å². The van der Waals surface area contributed by atoms with Crippen LogP contribution in [0, 0.1) is 22.7 Å². The molecule has 4 aromatic heterocycles. The lowest BCUT2D eigenvalue weighted by Gasteiger charge is -2.61. The van der Waals surface area contributed by atoms with Crippen LogP contribution in [0.1, 0.15) is 106 Å². The van der Waals surface area contributed by atoms with Crippen molar-refractivity contribution in [1.29, 1.82) is 0 Å². The largest absolute Gasteiger partial charge is 0.255 e. The molecule has 0 saturated heterocycles. The number of rotatable bonds is 6. The third-order valence-electron chi connectivity index (χ3n) is 12.0. The Morgan fingerprint density at radius 2 is 1.05 bits per heavy atom. The summed E-state index contributed by atoms with van der Waals surface area (Å²) < 4.78 is 0. The fraction of sp³-hybridized carbons (Fsp3) is 0.459. The van der Waals surface area contributed by atoms with E-state index in [1.54, 1.807) is 11.1 Å². The van der Waals surface area contributed by atoms with Crippen molar-refractivity contribution < 1.29 is 0 Å². The summed E-state index contributed by atoms with van der Waals surface area (Å²) in [5.74, 6) is 3.98. The van der Waals surface area contributed by atoms with Crippen LogP contribution >= 0.6 is 0 Å². The minimum absolute atomic E-state index is 0.357. The van der Waals surface area contributed by atoms with Gasteiger partial charge in [-0.05, 0) is 131 Å². The summed E-state index contributed by atoms with van der Waals surface area (Å²) >= 11 is 0. The molecule has 6 atom stereocenters. The van der Waals surface area contributed by atoms with Gasteiger partial charge in [0.25, 0.3) is 0 Å². The molecule has 6 aliphatic rings. The molecule has 4 heteroatoms. The van der Waals surface area contributed by atoms with Crippen molar-refractivity contribution in [1.82, 2.24) is 19.9 Å². The molecule has 208 valence electrons. The lowest BCUT2D eigenvalue weighted by molar-refractivity contribution is -0.0158. The Morgan fingerprint density at radius 3 is 1.44 bits per heavy atom. The van der Waals surface area contributed by atoms with Crippen molar-refractivity contribution in [3.63, 3.8) is 0 Å². The third-order valence-corrected chi connectivity index (χ3v) is 12.0. The second-order valence-corrected chi connectivity index (χ2v) is 14.4. The van der Waals surface area contributed by atoms with E-state index in [1.807, 2.05) is 24.5 Å². The van der Waals surface area contributed by atoms with Crippen LogP contribution in [-0.2, 0) is 0 Å². The minimum Gasteiger partial charge on any atom is -0.255 e. The Labute approximate surface area is 244 Å². The summed E-state index contributed by atoms with van der Waals surface area (Å²) in [5.41, 5.74) is 10.8. The quantitative estimate of drug-likeness (QED) is 0.245. The van der Waals surface area contributed by atoms with Crippen LogP contribution in [0.4, 0.5) is 0 Å². The van der Waals surface area contributed by atoms with Crippen molar-refractivity contribution >= 4 is 0 Å². The van der Waals surface area contributed by atoms with Crippen LogP contribution < -0.4 is 0 Å². The normalized spacial score (nSPS) is 29.5. The number of aromatic nitrogens is 4. The predicted molar refractivity (Wildman–Crippen MR) is 164 cm³/mol. The van der Waals surface area contributed by atoms with Crippen molar-refractivity contribution in [3.05, 3.63) is 95.6 Å². The number of hydrogen-bond acceptors (Lipinski definition) is 4. The molecule has 2 fully saturated rings. The van der Waals surface area contributed by atoms with Crippen LogP contribution in [0.5, 0.6) is 0 Å². The topological polar surface area (TPSA) is 51.6 Å². The van der Waals surface area contributed by atoms with Gasteiger partial charge in [0.1, 0.15) is 0 Å². The molecule has 4 nitrogen and oxygen atoms in total. The van der Waals surface area contributed by atoms with E-state index < -0.39 is 0 Å². The number of nitrogens with zero attached hydrogens (tertiary/aromatic N) is 4. The summed E-state index contributed by atoms with van der Waals surface area (Å²) in [6.45, 7) is 9.98. The fourth-order valence-corrected chi connectivity index (χ4v) is 9.54. The fourth-order valence-electron chi connectivity index (χ4n) is 9.54. The Kier molecular flexibility index (Phi) is 5.59.